The number of aliphatic hydroxyl groups is 1. The Morgan fingerprint density at radius 2 is 2.10 bits per heavy atom. The third kappa shape index (κ3) is 4.73. The molecule has 3 atom stereocenters. The molecule has 1 rings (SSSR count). The fraction of sp³-hybridized carbons (Fsp3) is 0.846. The zero-order chi connectivity index (χ0) is 15.3. The second-order valence-electron chi connectivity index (χ2n) is 5.60. The van der Waals surface area contributed by atoms with Crippen molar-refractivity contribution >= 4 is 11.9 Å². The van der Waals surface area contributed by atoms with Crippen molar-refractivity contribution in [1.29, 1.82) is 0 Å². The van der Waals surface area contributed by atoms with Gasteiger partial charge in [0.1, 0.15) is 6.04 Å². The minimum absolute atomic E-state index is 0.219. The topological polar surface area (TPSA) is 88.1 Å². The second kappa shape index (κ2) is 7.56. The van der Waals surface area contributed by atoms with Gasteiger partial charge in [-0.25, -0.2) is 4.79 Å². The number of aliphatic hydroxyl groups excluding tert-OH is 1. The lowest BCUT2D eigenvalue weighted by atomic mass is 10.0. The highest BCUT2D eigenvalue weighted by Gasteiger charge is 2.35. The number of rotatable bonds is 6. The molecule has 0 aromatic rings. The van der Waals surface area contributed by atoms with Crippen molar-refractivity contribution in [1.82, 2.24) is 10.2 Å². The van der Waals surface area contributed by atoms with Crippen LogP contribution < -0.4 is 5.32 Å². The van der Waals surface area contributed by atoms with Crippen LogP contribution in [0.3, 0.4) is 0 Å². The summed E-state index contributed by atoms with van der Waals surface area (Å²) in [5.74, 6) is -0.671. The van der Waals surface area contributed by atoms with Gasteiger partial charge in [-0.15, -0.1) is 0 Å². The molecule has 1 fully saturated rings. The summed E-state index contributed by atoms with van der Waals surface area (Å²) in [6.45, 7) is 4.35. The average Bonchev–Trinajstić information content (AvgIpc) is 2.67. The number of hydrogen-bond donors (Lipinski definition) is 2. The summed E-state index contributed by atoms with van der Waals surface area (Å²) in [5, 5.41) is 12.2. The van der Waals surface area contributed by atoms with E-state index in [4.69, 9.17) is 0 Å². The molecule has 1 saturated heterocycles. The summed E-state index contributed by atoms with van der Waals surface area (Å²) in [6.07, 6.45) is 0.327. The largest absolute Gasteiger partial charge is 0.392 e. The standard InChI is InChI=1S/C13H24N2O5/c1-8(2)5-10(13(18)20-19-4)14-12(17)11-6-9(16)7-15(11)3/h8-11,16H,5-7H2,1-4H3,(H,14,17)/t9?,10-,11-/m0/s1. The molecule has 7 heteroatoms. The number of carbonyl (C=O) groups excluding carboxylic acids is 2. The maximum Gasteiger partial charge on any atom is 0.364 e. The Morgan fingerprint density at radius 1 is 1.45 bits per heavy atom. The van der Waals surface area contributed by atoms with Crippen molar-refractivity contribution in [2.75, 3.05) is 20.7 Å². The van der Waals surface area contributed by atoms with Crippen LogP contribution >= 0.6 is 0 Å². The molecule has 20 heavy (non-hydrogen) atoms. The van der Waals surface area contributed by atoms with Crippen molar-refractivity contribution in [3.05, 3.63) is 0 Å². The van der Waals surface area contributed by atoms with Gasteiger partial charge in [0.2, 0.25) is 5.91 Å². The van der Waals surface area contributed by atoms with Gasteiger partial charge in [-0.3, -0.25) is 14.6 Å². The lowest BCUT2D eigenvalue weighted by Gasteiger charge is -2.23. The minimum atomic E-state index is -0.742. The predicted octanol–water partition coefficient (Wildman–Crippen LogP) is -0.313. The fourth-order valence-corrected chi connectivity index (χ4v) is 2.37. The molecule has 1 amide bonds. The maximum atomic E-state index is 12.2. The van der Waals surface area contributed by atoms with Gasteiger partial charge in [0, 0.05) is 6.54 Å². The molecule has 0 aliphatic carbocycles. The number of amides is 1. The maximum absolute atomic E-state index is 12.2. The first-order valence-corrected chi connectivity index (χ1v) is 6.78. The monoisotopic (exact) mass is 288 g/mol. The third-order valence-electron chi connectivity index (χ3n) is 3.30. The molecular weight excluding hydrogens is 264 g/mol. The summed E-state index contributed by atoms with van der Waals surface area (Å²) in [6, 6.07) is -1.16. The van der Waals surface area contributed by atoms with E-state index in [0.29, 0.717) is 19.4 Å². The Morgan fingerprint density at radius 3 is 2.55 bits per heavy atom. The van der Waals surface area contributed by atoms with Crippen LogP contribution in [-0.4, -0.2) is 60.8 Å². The Kier molecular flexibility index (Phi) is 6.38. The van der Waals surface area contributed by atoms with Crippen molar-refractivity contribution in [2.24, 2.45) is 5.92 Å². The zero-order valence-electron chi connectivity index (χ0n) is 12.5. The summed E-state index contributed by atoms with van der Waals surface area (Å²) in [5.41, 5.74) is 0. The highest BCUT2D eigenvalue weighted by Crippen LogP contribution is 2.16. The van der Waals surface area contributed by atoms with Gasteiger partial charge in [-0.2, -0.15) is 4.89 Å². The Balaban J connectivity index is 2.64. The zero-order valence-corrected chi connectivity index (χ0v) is 12.5. The van der Waals surface area contributed by atoms with E-state index >= 15 is 0 Å². The first-order valence-electron chi connectivity index (χ1n) is 6.78. The highest BCUT2D eigenvalue weighted by atomic mass is 17.2. The predicted molar refractivity (Wildman–Crippen MR) is 71.5 cm³/mol. The smallest absolute Gasteiger partial charge is 0.364 e. The number of likely N-dealkylation sites (N-methyl/N-ethyl adjacent to an activating group) is 1. The minimum Gasteiger partial charge on any atom is -0.392 e. The molecule has 116 valence electrons. The molecule has 0 aromatic heterocycles. The Bertz CT molecular complexity index is 348. The van der Waals surface area contributed by atoms with Crippen LogP contribution in [0.15, 0.2) is 0 Å². The molecule has 0 spiro atoms. The lowest BCUT2D eigenvalue weighted by Crippen LogP contribution is -2.49. The molecule has 0 bridgehead atoms. The molecular formula is C13H24N2O5. The molecule has 0 saturated carbocycles. The van der Waals surface area contributed by atoms with Crippen LogP contribution in [-0.2, 0) is 19.4 Å². The van der Waals surface area contributed by atoms with Crippen molar-refractivity contribution < 1.29 is 24.5 Å². The van der Waals surface area contributed by atoms with Crippen molar-refractivity contribution in [3.8, 4) is 0 Å². The summed E-state index contributed by atoms with van der Waals surface area (Å²) >= 11 is 0. The summed E-state index contributed by atoms with van der Waals surface area (Å²) < 4.78 is 0. The number of hydrogen-bond acceptors (Lipinski definition) is 6. The van der Waals surface area contributed by atoms with E-state index in [1.54, 1.807) is 11.9 Å². The van der Waals surface area contributed by atoms with Gasteiger partial charge in [0.25, 0.3) is 0 Å². The van der Waals surface area contributed by atoms with Crippen LogP contribution in [0, 0.1) is 5.92 Å². The molecule has 7 nitrogen and oxygen atoms in total. The highest BCUT2D eigenvalue weighted by molar-refractivity contribution is 5.87. The van der Waals surface area contributed by atoms with Gasteiger partial charge in [0.15, 0.2) is 0 Å². The number of nitrogens with zero attached hydrogens (tertiary/aromatic N) is 1. The normalized spacial score (nSPS) is 24.7. The third-order valence-corrected chi connectivity index (χ3v) is 3.30. The van der Waals surface area contributed by atoms with Crippen LogP contribution in [0.4, 0.5) is 0 Å². The first-order chi connectivity index (χ1) is 9.35. The number of likely N-dealkylation sites (tertiary alicyclic amines) is 1. The second-order valence-corrected chi connectivity index (χ2v) is 5.60. The van der Waals surface area contributed by atoms with E-state index in [1.165, 1.54) is 7.11 Å². The molecule has 0 radical (unpaired) electrons. The average molecular weight is 288 g/mol. The Labute approximate surface area is 119 Å². The van der Waals surface area contributed by atoms with Crippen LogP contribution in [0.1, 0.15) is 26.7 Å². The molecule has 0 aromatic carbocycles. The van der Waals surface area contributed by atoms with E-state index in [2.05, 4.69) is 15.1 Å². The molecule has 1 unspecified atom stereocenters. The molecule has 2 N–H and O–H groups in total. The molecule has 1 aliphatic heterocycles. The fourth-order valence-electron chi connectivity index (χ4n) is 2.37. The van der Waals surface area contributed by atoms with Gasteiger partial charge >= 0.3 is 5.97 Å². The molecule has 1 heterocycles. The van der Waals surface area contributed by atoms with Crippen molar-refractivity contribution in [2.45, 2.75) is 44.9 Å². The SMILES string of the molecule is COOC(=O)[C@H](CC(C)C)NC(=O)[C@@H]1CC(O)CN1C. The quantitative estimate of drug-likeness (QED) is 0.515. The number of carbonyl (C=O) groups is 2. The van der Waals surface area contributed by atoms with E-state index in [-0.39, 0.29) is 11.8 Å². The van der Waals surface area contributed by atoms with Crippen LogP contribution in [0.2, 0.25) is 0 Å². The van der Waals surface area contributed by atoms with Gasteiger partial charge < -0.3 is 10.4 Å². The summed E-state index contributed by atoms with van der Waals surface area (Å²) in [4.78, 5) is 34.6. The van der Waals surface area contributed by atoms with Crippen molar-refractivity contribution in [3.63, 3.8) is 0 Å². The van der Waals surface area contributed by atoms with Gasteiger partial charge in [-0.1, -0.05) is 13.8 Å². The first kappa shape index (κ1) is 16.9. The van der Waals surface area contributed by atoms with E-state index < -0.39 is 24.2 Å². The number of nitrogens with one attached hydrogen (secondary N) is 1. The number of β-amino-alcohol motifs (C(OH)–C–C–N with tert-alkyl or cyclic N) is 1. The van der Waals surface area contributed by atoms with Gasteiger partial charge in [-0.05, 0) is 25.8 Å². The van der Waals surface area contributed by atoms with Crippen LogP contribution in [0.25, 0.3) is 0 Å². The molecule has 1 aliphatic rings. The lowest BCUT2D eigenvalue weighted by molar-refractivity contribution is -0.257. The van der Waals surface area contributed by atoms with E-state index in [0.717, 1.165) is 0 Å². The Hall–Kier alpha value is -1.18. The van der Waals surface area contributed by atoms with E-state index in [9.17, 15) is 14.7 Å². The van der Waals surface area contributed by atoms with Gasteiger partial charge in [0.05, 0.1) is 19.3 Å². The van der Waals surface area contributed by atoms with Crippen LogP contribution in [0.5, 0.6) is 0 Å². The van der Waals surface area contributed by atoms with E-state index in [1.807, 2.05) is 13.8 Å². The summed E-state index contributed by atoms with van der Waals surface area (Å²) in [7, 11) is 3.01.